The Balaban J connectivity index is 1.49. The summed E-state index contributed by atoms with van der Waals surface area (Å²) >= 11 is 0. The van der Waals surface area contributed by atoms with Crippen LogP contribution in [0.5, 0.6) is 0 Å². The third-order valence-electron chi connectivity index (χ3n) is 5.90. The molecule has 8 nitrogen and oxygen atoms in total. The molecule has 1 aromatic heterocycles. The highest BCUT2D eigenvalue weighted by Gasteiger charge is 2.41. The summed E-state index contributed by atoms with van der Waals surface area (Å²) in [5, 5.41) is 4.84. The lowest BCUT2D eigenvalue weighted by Crippen LogP contribution is -2.48. The van der Waals surface area contributed by atoms with Gasteiger partial charge >= 0.3 is 0 Å². The molecule has 0 unspecified atom stereocenters. The fraction of sp³-hybridized carbons (Fsp3) is 0.409. The predicted octanol–water partition coefficient (Wildman–Crippen LogP) is 2.72. The van der Waals surface area contributed by atoms with Crippen molar-refractivity contribution >= 4 is 23.8 Å². The first kappa shape index (κ1) is 23.6. The maximum Gasteiger partial charge on any atom is 0.272 e. The number of carbonyl (C=O) groups excluding carboxylic acids is 2. The molecule has 3 atom stereocenters. The van der Waals surface area contributed by atoms with Crippen LogP contribution in [-0.2, 0) is 4.79 Å². The molecule has 4 rings (SSSR count). The van der Waals surface area contributed by atoms with E-state index in [0.717, 1.165) is 11.1 Å². The number of benzene rings is 1. The first-order valence-corrected chi connectivity index (χ1v) is 10.6. The van der Waals surface area contributed by atoms with E-state index in [-0.39, 0.29) is 43.1 Å². The summed E-state index contributed by atoms with van der Waals surface area (Å²) in [4.78, 5) is 36.3. The minimum Gasteiger partial charge on any atom is -0.354 e. The summed E-state index contributed by atoms with van der Waals surface area (Å²) in [6.07, 6.45) is 1.07. The van der Waals surface area contributed by atoms with Crippen LogP contribution < -0.4 is 4.90 Å². The van der Waals surface area contributed by atoms with Gasteiger partial charge in [-0.15, -0.1) is 0 Å². The van der Waals surface area contributed by atoms with Crippen LogP contribution in [0.3, 0.4) is 0 Å². The van der Waals surface area contributed by atoms with Crippen molar-refractivity contribution in [3.63, 3.8) is 0 Å². The Hall–Kier alpha value is -3.57. The van der Waals surface area contributed by atoms with Crippen LogP contribution in [0.15, 0.2) is 29.6 Å². The van der Waals surface area contributed by atoms with E-state index in [1.807, 2.05) is 0 Å². The van der Waals surface area contributed by atoms with Crippen molar-refractivity contribution in [1.29, 1.82) is 0 Å². The maximum atomic E-state index is 15.2. The molecule has 0 spiro atoms. The second-order valence-corrected chi connectivity index (χ2v) is 8.34. The van der Waals surface area contributed by atoms with Crippen molar-refractivity contribution in [2.45, 2.75) is 25.1 Å². The Morgan fingerprint density at radius 1 is 1.12 bits per heavy atom. The molecule has 1 saturated heterocycles. The first-order valence-electron chi connectivity index (χ1n) is 10.6. The van der Waals surface area contributed by atoms with Crippen molar-refractivity contribution in [2.75, 3.05) is 32.1 Å². The molecule has 0 aliphatic carbocycles. The number of anilines is 1. The van der Waals surface area contributed by atoms with Crippen LogP contribution in [-0.4, -0.2) is 71.3 Å². The summed E-state index contributed by atoms with van der Waals surface area (Å²) in [5.41, 5.74) is -0.197. The van der Waals surface area contributed by atoms with Crippen molar-refractivity contribution in [1.82, 2.24) is 19.9 Å². The largest absolute Gasteiger partial charge is 0.354 e. The number of alkyl halides is 1. The Morgan fingerprint density at radius 2 is 1.88 bits per heavy atom. The molecule has 12 heteroatoms. The van der Waals surface area contributed by atoms with Crippen LogP contribution in [0.1, 0.15) is 34.9 Å². The predicted molar refractivity (Wildman–Crippen MR) is 114 cm³/mol. The lowest BCUT2D eigenvalue weighted by Gasteiger charge is -2.36. The average molecular weight is 478 g/mol. The number of hydrogen-bond acceptors (Lipinski definition) is 6. The first-order chi connectivity index (χ1) is 16.2. The maximum absolute atomic E-state index is 15.2. The molecule has 180 valence electrons. The molecule has 2 aliphatic rings. The molecule has 2 aliphatic heterocycles. The number of rotatable bonds is 4. The molecule has 0 saturated carbocycles. The second kappa shape index (κ2) is 9.35. The smallest absolute Gasteiger partial charge is 0.272 e. The van der Waals surface area contributed by atoms with Crippen molar-refractivity contribution < 1.29 is 27.2 Å². The van der Waals surface area contributed by atoms with Gasteiger partial charge < -0.3 is 9.80 Å². The van der Waals surface area contributed by atoms with Crippen LogP contribution in [0.2, 0.25) is 0 Å². The molecule has 0 N–H and O–H groups in total. The monoisotopic (exact) mass is 478 g/mol. The number of aromatic nitrogens is 2. The van der Waals surface area contributed by atoms with Crippen molar-refractivity contribution in [3.8, 4) is 0 Å². The molecule has 0 radical (unpaired) electrons. The van der Waals surface area contributed by atoms with E-state index in [1.165, 1.54) is 23.5 Å². The van der Waals surface area contributed by atoms with Crippen LogP contribution in [0, 0.1) is 23.4 Å². The lowest BCUT2D eigenvalue weighted by molar-refractivity contribution is -0.140. The van der Waals surface area contributed by atoms with Gasteiger partial charge in [-0.3, -0.25) is 9.59 Å². The highest BCUT2D eigenvalue weighted by atomic mass is 19.2. The molecule has 1 aromatic carbocycles. The van der Waals surface area contributed by atoms with Crippen LogP contribution in [0.25, 0.3) is 0 Å². The van der Waals surface area contributed by atoms with Crippen molar-refractivity contribution in [2.24, 2.45) is 11.0 Å². The van der Waals surface area contributed by atoms with Crippen LogP contribution >= 0.6 is 0 Å². The third kappa shape index (κ3) is 4.44. The third-order valence-corrected chi connectivity index (χ3v) is 5.90. The molecule has 34 heavy (non-hydrogen) atoms. The van der Waals surface area contributed by atoms with E-state index >= 15 is 4.39 Å². The van der Waals surface area contributed by atoms with Crippen LogP contribution in [0.4, 0.5) is 23.4 Å². The van der Waals surface area contributed by atoms with Gasteiger partial charge in [-0.25, -0.2) is 32.5 Å². The number of nitrogens with zero attached hydrogens (tertiary/aromatic N) is 6. The van der Waals surface area contributed by atoms with E-state index in [4.69, 9.17) is 0 Å². The van der Waals surface area contributed by atoms with Crippen molar-refractivity contribution in [3.05, 3.63) is 53.2 Å². The van der Waals surface area contributed by atoms with Gasteiger partial charge in [0.1, 0.15) is 29.8 Å². The van der Waals surface area contributed by atoms with E-state index in [9.17, 15) is 22.8 Å². The van der Waals surface area contributed by atoms with Gasteiger partial charge in [0.2, 0.25) is 5.91 Å². The summed E-state index contributed by atoms with van der Waals surface area (Å²) in [6, 6.07) is 1.62. The fourth-order valence-electron chi connectivity index (χ4n) is 4.13. The SMILES string of the molecule is CN(C)C(=O)c1cc(N2CC[C@@H](C(=O)N3N=CC[C@H]3c3cc(F)cc(F)c3F)[C@@H](F)C2)ncn1. The quantitative estimate of drug-likeness (QED) is 0.499. The van der Waals surface area contributed by atoms with Gasteiger partial charge in [-0.05, 0) is 12.5 Å². The Labute approximate surface area is 192 Å². The molecule has 0 bridgehead atoms. The van der Waals surface area contributed by atoms with Gasteiger partial charge in [0, 0.05) is 51.0 Å². The zero-order valence-electron chi connectivity index (χ0n) is 18.5. The van der Waals surface area contributed by atoms with E-state index in [2.05, 4.69) is 15.1 Å². The Kier molecular flexibility index (Phi) is 6.49. The number of hydrazone groups is 1. The average Bonchev–Trinajstić information content (AvgIpc) is 3.30. The summed E-state index contributed by atoms with van der Waals surface area (Å²) in [5.74, 6) is -5.38. The summed E-state index contributed by atoms with van der Waals surface area (Å²) < 4.78 is 56.9. The van der Waals surface area contributed by atoms with Gasteiger partial charge in [-0.1, -0.05) is 0 Å². The van der Waals surface area contributed by atoms with E-state index in [0.29, 0.717) is 11.9 Å². The molecule has 3 heterocycles. The number of piperidine rings is 1. The normalized spacial score (nSPS) is 22.2. The zero-order valence-corrected chi connectivity index (χ0v) is 18.5. The number of halogens is 4. The Morgan fingerprint density at radius 3 is 2.59 bits per heavy atom. The highest BCUT2D eigenvalue weighted by Crippen LogP contribution is 2.35. The highest BCUT2D eigenvalue weighted by molar-refractivity contribution is 5.92. The van der Waals surface area contributed by atoms with Gasteiger partial charge in [-0.2, -0.15) is 5.10 Å². The minimum absolute atomic E-state index is 0.0466. The van der Waals surface area contributed by atoms with E-state index < -0.39 is 41.5 Å². The second-order valence-electron chi connectivity index (χ2n) is 8.34. The van der Waals surface area contributed by atoms with E-state index in [1.54, 1.807) is 19.0 Å². The number of hydrogen-bond donors (Lipinski definition) is 0. The molecule has 2 aromatic rings. The minimum atomic E-state index is -1.62. The number of amides is 2. The molecular weight excluding hydrogens is 456 g/mol. The topological polar surface area (TPSA) is 82.0 Å². The van der Waals surface area contributed by atoms with Gasteiger partial charge in [0.15, 0.2) is 11.6 Å². The van der Waals surface area contributed by atoms with Gasteiger partial charge in [0.05, 0.1) is 18.5 Å². The standard InChI is InChI=1S/C22H22F4N6O2/c1-30(2)22(34)17-9-19(28-11-27-17)31-6-4-13(16(25)10-31)21(33)32-18(3-5-29-32)14-7-12(23)8-15(24)20(14)26/h5,7-9,11,13,16,18H,3-4,6,10H2,1-2H3/t13-,16+,18+/m1/s1. The zero-order chi connectivity index (χ0) is 24.6. The summed E-state index contributed by atoms with van der Waals surface area (Å²) in [6.45, 7) is 0.0861. The Bertz CT molecular complexity index is 1140. The van der Waals surface area contributed by atoms with Gasteiger partial charge in [0.25, 0.3) is 5.91 Å². The number of carbonyl (C=O) groups is 2. The molecule has 2 amide bonds. The molecular formula is C22H22F4N6O2. The lowest BCUT2D eigenvalue weighted by atomic mass is 9.92. The summed E-state index contributed by atoms with van der Waals surface area (Å²) in [7, 11) is 3.16. The fourth-order valence-corrected chi connectivity index (χ4v) is 4.13. The molecule has 1 fully saturated rings.